The van der Waals surface area contributed by atoms with E-state index in [1.54, 1.807) is 4.90 Å². The van der Waals surface area contributed by atoms with Gasteiger partial charge in [-0.05, 0) is 31.1 Å². The molecule has 0 aliphatic heterocycles. The van der Waals surface area contributed by atoms with Crippen LogP contribution in [0.25, 0.3) is 0 Å². The number of amides is 1. The fourth-order valence-corrected chi connectivity index (χ4v) is 3.38. The second kappa shape index (κ2) is 2.73. The molecule has 13 heavy (non-hydrogen) atoms. The molecule has 2 aliphatic rings. The number of hydrogen-bond acceptors (Lipinski definition) is 1. The van der Waals surface area contributed by atoms with Gasteiger partial charge in [-0.2, -0.15) is 0 Å². The number of carbonyl (C=O) groups excluding carboxylic acids is 1. The summed E-state index contributed by atoms with van der Waals surface area (Å²) in [6.07, 6.45) is 5.08. The average molecular weight is 181 g/mol. The summed E-state index contributed by atoms with van der Waals surface area (Å²) in [5, 5.41) is 0. The summed E-state index contributed by atoms with van der Waals surface area (Å²) in [7, 11) is 3.75. The van der Waals surface area contributed by atoms with Crippen LogP contribution in [-0.2, 0) is 4.79 Å². The van der Waals surface area contributed by atoms with Crippen LogP contribution in [-0.4, -0.2) is 24.9 Å². The number of fused-ring (bicyclic) bond motifs is 2. The minimum Gasteiger partial charge on any atom is -0.348 e. The molecule has 0 saturated heterocycles. The summed E-state index contributed by atoms with van der Waals surface area (Å²) >= 11 is 0. The van der Waals surface area contributed by atoms with Crippen molar-refractivity contribution >= 4 is 5.91 Å². The molecule has 2 nitrogen and oxygen atoms in total. The van der Waals surface area contributed by atoms with Gasteiger partial charge in [-0.3, -0.25) is 4.79 Å². The zero-order valence-electron chi connectivity index (χ0n) is 8.84. The predicted octanol–water partition coefficient (Wildman–Crippen LogP) is 1.90. The molecule has 0 heterocycles. The lowest BCUT2D eigenvalue weighted by Crippen LogP contribution is -2.41. The van der Waals surface area contributed by atoms with Crippen molar-refractivity contribution in [2.24, 2.45) is 17.3 Å². The Hall–Kier alpha value is -0.530. The maximum Gasteiger partial charge on any atom is 0.228 e. The fraction of sp³-hybridized carbons (Fsp3) is 0.909. The Balaban J connectivity index is 2.18. The second-order valence-electron chi connectivity index (χ2n) is 5.20. The summed E-state index contributed by atoms with van der Waals surface area (Å²) in [5.41, 5.74) is -0.0214. The number of nitrogens with zero attached hydrogens (tertiary/aromatic N) is 1. The molecule has 2 rings (SSSR count). The first-order valence-electron chi connectivity index (χ1n) is 5.26. The molecule has 0 aromatic heterocycles. The summed E-state index contributed by atoms with van der Waals surface area (Å²) in [4.78, 5) is 13.7. The van der Waals surface area contributed by atoms with Crippen molar-refractivity contribution in [1.29, 1.82) is 0 Å². The smallest absolute Gasteiger partial charge is 0.228 e. The van der Waals surface area contributed by atoms with Gasteiger partial charge >= 0.3 is 0 Å². The van der Waals surface area contributed by atoms with Gasteiger partial charge in [0.2, 0.25) is 5.91 Å². The number of rotatable bonds is 1. The van der Waals surface area contributed by atoms with Crippen molar-refractivity contribution in [1.82, 2.24) is 4.90 Å². The first-order valence-corrected chi connectivity index (χ1v) is 5.26. The van der Waals surface area contributed by atoms with Gasteiger partial charge in [-0.1, -0.05) is 13.3 Å². The van der Waals surface area contributed by atoms with Crippen LogP contribution in [0.15, 0.2) is 0 Å². The monoisotopic (exact) mass is 181 g/mol. The molecule has 0 radical (unpaired) electrons. The van der Waals surface area contributed by atoms with E-state index < -0.39 is 0 Å². The quantitative estimate of drug-likeness (QED) is 0.605. The Bertz CT molecular complexity index is 236. The van der Waals surface area contributed by atoms with E-state index in [-0.39, 0.29) is 5.41 Å². The second-order valence-corrected chi connectivity index (χ2v) is 5.20. The Morgan fingerprint density at radius 3 is 2.46 bits per heavy atom. The zero-order valence-corrected chi connectivity index (χ0v) is 8.84. The zero-order chi connectivity index (χ0) is 9.64. The van der Waals surface area contributed by atoms with Crippen LogP contribution in [0.2, 0.25) is 0 Å². The first-order chi connectivity index (χ1) is 6.04. The molecule has 2 fully saturated rings. The highest BCUT2D eigenvalue weighted by molar-refractivity contribution is 5.82. The van der Waals surface area contributed by atoms with E-state index in [4.69, 9.17) is 0 Å². The molecular formula is C11H19NO. The summed E-state index contributed by atoms with van der Waals surface area (Å²) < 4.78 is 0. The van der Waals surface area contributed by atoms with E-state index >= 15 is 0 Å². The van der Waals surface area contributed by atoms with Gasteiger partial charge in [-0.15, -0.1) is 0 Å². The normalized spacial score (nSPS) is 42.4. The highest BCUT2D eigenvalue weighted by Gasteiger charge is 2.52. The molecular weight excluding hydrogens is 162 g/mol. The summed E-state index contributed by atoms with van der Waals surface area (Å²) in [6, 6.07) is 0. The highest BCUT2D eigenvalue weighted by Crippen LogP contribution is 2.56. The van der Waals surface area contributed by atoms with Gasteiger partial charge in [0.1, 0.15) is 0 Å². The Morgan fingerprint density at radius 1 is 1.38 bits per heavy atom. The summed E-state index contributed by atoms with van der Waals surface area (Å²) in [6.45, 7) is 2.17. The van der Waals surface area contributed by atoms with Crippen LogP contribution in [0, 0.1) is 17.3 Å². The van der Waals surface area contributed by atoms with Crippen molar-refractivity contribution in [2.45, 2.75) is 32.6 Å². The van der Waals surface area contributed by atoms with Gasteiger partial charge in [0, 0.05) is 19.5 Å². The molecule has 1 amide bonds. The van der Waals surface area contributed by atoms with Crippen LogP contribution in [0.4, 0.5) is 0 Å². The van der Waals surface area contributed by atoms with Crippen molar-refractivity contribution in [3.63, 3.8) is 0 Å². The third-order valence-corrected chi connectivity index (χ3v) is 4.05. The Kier molecular flexibility index (Phi) is 1.90. The maximum atomic E-state index is 12.0. The van der Waals surface area contributed by atoms with Crippen LogP contribution in [0.5, 0.6) is 0 Å². The predicted molar refractivity (Wildman–Crippen MR) is 52.2 cm³/mol. The molecule has 3 unspecified atom stereocenters. The van der Waals surface area contributed by atoms with Crippen LogP contribution in [0.1, 0.15) is 32.6 Å². The van der Waals surface area contributed by atoms with Crippen molar-refractivity contribution < 1.29 is 4.79 Å². The molecule has 3 atom stereocenters. The lowest BCUT2D eigenvalue weighted by Gasteiger charge is -2.34. The molecule has 2 aliphatic carbocycles. The molecule has 74 valence electrons. The van der Waals surface area contributed by atoms with Crippen molar-refractivity contribution in [3.8, 4) is 0 Å². The molecule has 2 bridgehead atoms. The van der Waals surface area contributed by atoms with E-state index in [1.165, 1.54) is 19.3 Å². The van der Waals surface area contributed by atoms with Crippen molar-refractivity contribution in [3.05, 3.63) is 0 Å². The Labute approximate surface area is 80.3 Å². The minimum atomic E-state index is -0.0214. The third-order valence-electron chi connectivity index (χ3n) is 4.05. The third kappa shape index (κ3) is 1.18. The van der Waals surface area contributed by atoms with Gasteiger partial charge in [0.15, 0.2) is 0 Å². The van der Waals surface area contributed by atoms with E-state index in [2.05, 4.69) is 6.92 Å². The fourth-order valence-electron chi connectivity index (χ4n) is 3.38. The van der Waals surface area contributed by atoms with Gasteiger partial charge in [0.05, 0.1) is 0 Å². The number of hydrogen-bond donors (Lipinski definition) is 0. The van der Waals surface area contributed by atoms with E-state index in [1.807, 2.05) is 14.1 Å². The SMILES string of the molecule is CN(C)C(=O)C1(C)CC2CCC1C2. The van der Waals surface area contributed by atoms with E-state index in [0.29, 0.717) is 11.8 Å². The molecule has 0 aromatic carbocycles. The van der Waals surface area contributed by atoms with E-state index in [0.717, 1.165) is 12.3 Å². The highest BCUT2D eigenvalue weighted by atomic mass is 16.2. The molecule has 2 saturated carbocycles. The van der Waals surface area contributed by atoms with Crippen LogP contribution >= 0.6 is 0 Å². The average Bonchev–Trinajstić information content (AvgIpc) is 2.62. The lowest BCUT2D eigenvalue weighted by molar-refractivity contribution is -0.141. The largest absolute Gasteiger partial charge is 0.348 e. The van der Waals surface area contributed by atoms with Gasteiger partial charge in [0.25, 0.3) is 0 Å². The number of carbonyl (C=O) groups is 1. The van der Waals surface area contributed by atoms with Crippen LogP contribution in [0.3, 0.4) is 0 Å². The molecule has 2 heteroatoms. The molecule has 0 N–H and O–H groups in total. The van der Waals surface area contributed by atoms with Gasteiger partial charge < -0.3 is 4.90 Å². The van der Waals surface area contributed by atoms with Crippen molar-refractivity contribution in [2.75, 3.05) is 14.1 Å². The van der Waals surface area contributed by atoms with Crippen LogP contribution < -0.4 is 0 Å². The minimum absolute atomic E-state index is 0.0214. The molecule has 0 aromatic rings. The standard InChI is InChI=1S/C11H19NO/c1-11(10(13)12(2)3)7-8-4-5-9(11)6-8/h8-9H,4-7H2,1-3H3. The first kappa shape index (κ1) is 9.04. The lowest BCUT2D eigenvalue weighted by atomic mass is 9.74. The topological polar surface area (TPSA) is 20.3 Å². The van der Waals surface area contributed by atoms with Gasteiger partial charge in [-0.25, -0.2) is 0 Å². The maximum absolute atomic E-state index is 12.0. The Morgan fingerprint density at radius 2 is 2.08 bits per heavy atom. The summed E-state index contributed by atoms with van der Waals surface area (Å²) in [5.74, 6) is 1.87. The molecule has 0 spiro atoms. The van der Waals surface area contributed by atoms with E-state index in [9.17, 15) is 4.79 Å².